The molecule has 0 aliphatic rings. The van der Waals surface area contributed by atoms with Gasteiger partial charge >= 0.3 is 6.18 Å². The van der Waals surface area contributed by atoms with Gasteiger partial charge in [0.15, 0.2) is 0 Å². The fourth-order valence-electron chi connectivity index (χ4n) is 1.11. The number of alkyl halides is 3. The molecule has 0 saturated carbocycles. The predicted octanol–water partition coefficient (Wildman–Crippen LogP) is 2.62. The molecule has 0 fully saturated rings. The third-order valence-electron chi connectivity index (χ3n) is 1.88. The number of hydrogen-bond donors (Lipinski definition) is 2. The standard InChI is InChI=1S/C11H12F3N3.2ClH/c1-7(15)3-2-4-8-6-17-10(16)5-9(8)11(12,13)14;;/h5-7H,3,15H2,1H3,(H2,16,17);2*1H/t7-;;/m0../s1. The number of rotatable bonds is 1. The molecule has 1 rings (SSSR count). The van der Waals surface area contributed by atoms with Gasteiger partial charge in [-0.2, -0.15) is 13.2 Å². The summed E-state index contributed by atoms with van der Waals surface area (Å²) in [5.74, 6) is 4.80. The molecule has 1 aromatic heterocycles. The number of halogens is 5. The van der Waals surface area contributed by atoms with Gasteiger partial charge in [0.25, 0.3) is 0 Å². The average Bonchev–Trinajstić information content (AvgIpc) is 2.18. The van der Waals surface area contributed by atoms with Crippen molar-refractivity contribution in [3.05, 3.63) is 23.4 Å². The van der Waals surface area contributed by atoms with Crippen molar-refractivity contribution in [2.75, 3.05) is 5.73 Å². The number of pyridine rings is 1. The van der Waals surface area contributed by atoms with Crippen LogP contribution in [0.25, 0.3) is 0 Å². The quantitative estimate of drug-likeness (QED) is 0.783. The van der Waals surface area contributed by atoms with Gasteiger partial charge in [-0.05, 0) is 13.0 Å². The summed E-state index contributed by atoms with van der Waals surface area (Å²) in [7, 11) is 0. The molecule has 3 nitrogen and oxygen atoms in total. The van der Waals surface area contributed by atoms with Gasteiger partial charge in [0, 0.05) is 18.7 Å². The minimum Gasteiger partial charge on any atom is -0.384 e. The van der Waals surface area contributed by atoms with Crippen molar-refractivity contribution in [1.82, 2.24) is 4.98 Å². The highest BCUT2D eigenvalue weighted by atomic mass is 35.5. The highest BCUT2D eigenvalue weighted by Crippen LogP contribution is 2.32. The summed E-state index contributed by atoms with van der Waals surface area (Å²) in [5.41, 5.74) is 9.61. The Labute approximate surface area is 121 Å². The minimum atomic E-state index is -4.49. The van der Waals surface area contributed by atoms with Gasteiger partial charge in [-0.15, -0.1) is 24.8 Å². The van der Waals surface area contributed by atoms with E-state index < -0.39 is 11.7 Å². The van der Waals surface area contributed by atoms with Gasteiger partial charge in [-0.3, -0.25) is 0 Å². The maximum atomic E-state index is 12.6. The molecule has 0 aromatic carbocycles. The highest BCUT2D eigenvalue weighted by Gasteiger charge is 2.33. The summed E-state index contributed by atoms with van der Waals surface area (Å²) in [6, 6.07) is 0.592. The molecule has 0 saturated heterocycles. The van der Waals surface area contributed by atoms with Crippen molar-refractivity contribution in [3.8, 4) is 11.8 Å². The lowest BCUT2D eigenvalue weighted by Gasteiger charge is -2.09. The molecule has 0 bridgehead atoms. The molecule has 0 amide bonds. The first-order chi connectivity index (χ1) is 7.80. The molecule has 1 heterocycles. The topological polar surface area (TPSA) is 64.9 Å². The maximum absolute atomic E-state index is 12.6. The number of aromatic nitrogens is 1. The van der Waals surface area contributed by atoms with Crippen LogP contribution >= 0.6 is 24.8 Å². The number of nitrogen functional groups attached to an aromatic ring is 1. The van der Waals surface area contributed by atoms with Crippen LogP contribution in [0.3, 0.4) is 0 Å². The SMILES string of the molecule is C[C@H](N)CC#Cc1cnc(N)cc1C(F)(F)F.Cl.Cl. The van der Waals surface area contributed by atoms with Crippen molar-refractivity contribution in [3.63, 3.8) is 0 Å². The Balaban J connectivity index is 0. The van der Waals surface area contributed by atoms with E-state index in [0.717, 1.165) is 12.3 Å². The zero-order chi connectivity index (χ0) is 13.1. The Kier molecular flexibility index (Phi) is 8.60. The lowest BCUT2D eigenvalue weighted by Crippen LogP contribution is -2.13. The monoisotopic (exact) mass is 315 g/mol. The van der Waals surface area contributed by atoms with E-state index in [1.54, 1.807) is 6.92 Å². The van der Waals surface area contributed by atoms with Crippen LogP contribution in [0.15, 0.2) is 12.3 Å². The zero-order valence-electron chi connectivity index (χ0n) is 9.99. The van der Waals surface area contributed by atoms with E-state index in [2.05, 4.69) is 16.8 Å². The van der Waals surface area contributed by atoms with Crippen molar-refractivity contribution >= 4 is 30.6 Å². The minimum absolute atomic E-state index is 0. The van der Waals surface area contributed by atoms with Gasteiger partial charge in [0.2, 0.25) is 0 Å². The van der Waals surface area contributed by atoms with Crippen LogP contribution in [-0.2, 0) is 6.18 Å². The molecule has 0 unspecified atom stereocenters. The molecule has 19 heavy (non-hydrogen) atoms. The Bertz CT molecular complexity index is 464. The second kappa shape index (κ2) is 8.10. The lowest BCUT2D eigenvalue weighted by molar-refractivity contribution is -0.137. The van der Waals surface area contributed by atoms with Crippen molar-refractivity contribution in [2.45, 2.75) is 25.6 Å². The summed E-state index contributed by atoms with van der Waals surface area (Å²) in [4.78, 5) is 3.60. The van der Waals surface area contributed by atoms with Crippen LogP contribution < -0.4 is 11.5 Å². The Morgan fingerprint density at radius 3 is 2.42 bits per heavy atom. The molecule has 4 N–H and O–H groups in total. The van der Waals surface area contributed by atoms with E-state index >= 15 is 0 Å². The fourth-order valence-corrected chi connectivity index (χ4v) is 1.11. The molecule has 0 radical (unpaired) electrons. The Morgan fingerprint density at radius 1 is 1.37 bits per heavy atom. The van der Waals surface area contributed by atoms with E-state index in [1.165, 1.54) is 0 Å². The Morgan fingerprint density at radius 2 is 1.95 bits per heavy atom. The van der Waals surface area contributed by atoms with E-state index in [4.69, 9.17) is 11.5 Å². The summed E-state index contributed by atoms with van der Waals surface area (Å²) in [5, 5.41) is 0. The predicted molar refractivity (Wildman–Crippen MR) is 73.3 cm³/mol. The normalized spacial score (nSPS) is 11.4. The van der Waals surface area contributed by atoms with Gasteiger partial charge in [-0.1, -0.05) is 11.8 Å². The largest absolute Gasteiger partial charge is 0.417 e. The second-order valence-electron chi connectivity index (χ2n) is 3.64. The van der Waals surface area contributed by atoms with E-state index in [1.807, 2.05) is 0 Å². The zero-order valence-corrected chi connectivity index (χ0v) is 11.6. The number of anilines is 1. The first kappa shape index (κ1) is 20.2. The second-order valence-corrected chi connectivity index (χ2v) is 3.64. The number of nitrogens with zero attached hydrogens (tertiary/aromatic N) is 1. The first-order valence-electron chi connectivity index (χ1n) is 4.88. The third-order valence-corrected chi connectivity index (χ3v) is 1.88. The molecule has 1 aromatic rings. The third kappa shape index (κ3) is 6.53. The molecule has 0 aliphatic heterocycles. The molecular formula is C11H14Cl2F3N3. The van der Waals surface area contributed by atoms with E-state index in [0.29, 0.717) is 6.42 Å². The van der Waals surface area contributed by atoms with E-state index in [9.17, 15) is 13.2 Å². The summed E-state index contributed by atoms with van der Waals surface area (Å²) < 4.78 is 37.9. The molecule has 0 spiro atoms. The van der Waals surface area contributed by atoms with Crippen molar-refractivity contribution in [2.24, 2.45) is 5.73 Å². The van der Waals surface area contributed by atoms with Crippen LogP contribution in [0, 0.1) is 11.8 Å². The number of nitrogens with two attached hydrogens (primary N) is 2. The summed E-state index contributed by atoms with van der Waals surface area (Å²) in [6.45, 7) is 1.72. The van der Waals surface area contributed by atoms with E-state index in [-0.39, 0.29) is 42.2 Å². The molecular weight excluding hydrogens is 302 g/mol. The molecule has 8 heteroatoms. The van der Waals surface area contributed by atoms with Gasteiger partial charge in [-0.25, -0.2) is 4.98 Å². The van der Waals surface area contributed by atoms with Crippen LogP contribution in [0.4, 0.5) is 19.0 Å². The van der Waals surface area contributed by atoms with Crippen LogP contribution in [0.2, 0.25) is 0 Å². The average molecular weight is 316 g/mol. The molecule has 1 atom stereocenters. The first-order valence-corrected chi connectivity index (χ1v) is 4.88. The van der Waals surface area contributed by atoms with Crippen LogP contribution in [-0.4, -0.2) is 11.0 Å². The molecule has 108 valence electrons. The van der Waals surface area contributed by atoms with Gasteiger partial charge < -0.3 is 11.5 Å². The fraction of sp³-hybridized carbons (Fsp3) is 0.364. The Hall–Kier alpha value is -1.16. The smallest absolute Gasteiger partial charge is 0.384 e. The van der Waals surface area contributed by atoms with Gasteiger partial charge in [0.1, 0.15) is 5.82 Å². The van der Waals surface area contributed by atoms with Crippen LogP contribution in [0.1, 0.15) is 24.5 Å². The molecule has 0 aliphatic carbocycles. The van der Waals surface area contributed by atoms with Gasteiger partial charge in [0.05, 0.1) is 11.1 Å². The lowest BCUT2D eigenvalue weighted by atomic mass is 10.1. The summed E-state index contributed by atoms with van der Waals surface area (Å²) in [6.07, 6.45) is -3.15. The van der Waals surface area contributed by atoms with Crippen molar-refractivity contribution in [1.29, 1.82) is 0 Å². The summed E-state index contributed by atoms with van der Waals surface area (Å²) >= 11 is 0. The van der Waals surface area contributed by atoms with Crippen LogP contribution in [0.5, 0.6) is 0 Å². The maximum Gasteiger partial charge on any atom is 0.417 e. The highest BCUT2D eigenvalue weighted by molar-refractivity contribution is 5.85. The van der Waals surface area contributed by atoms with Crippen molar-refractivity contribution < 1.29 is 13.2 Å². The number of hydrogen-bond acceptors (Lipinski definition) is 3.